The smallest absolute Gasteiger partial charge is 0.320 e. The molecule has 0 amide bonds. The van der Waals surface area contributed by atoms with E-state index < -0.39 is 42.4 Å². The molecular weight excluding hydrogens is 286 g/mol. The Balaban J connectivity index is 3.78. The highest BCUT2D eigenvalue weighted by molar-refractivity contribution is 8.13. The van der Waals surface area contributed by atoms with Crippen LogP contribution in [-0.2, 0) is 9.05 Å². The normalized spacial score (nSPS) is 11.8. The van der Waals surface area contributed by atoms with E-state index in [2.05, 4.69) is 4.98 Å². The minimum absolute atomic E-state index is 0.351. The third-order valence-electron chi connectivity index (χ3n) is 1.67. The van der Waals surface area contributed by atoms with E-state index in [0.717, 1.165) is 0 Å². The molecule has 0 aliphatic carbocycles. The molecule has 0 aliphatic heterocycles. The van der Waals surface area contributed by atoms with Gasteiger partial charge in [-0.05, 0) is 0 Å². The highest BCUT2D eigenvalue weighted by Crippen LogP contribution is 2.39. The van der Waals surface area contributed by atoms with Gasteiger partial charge in [0.05, 0.1) is 11.1 Å². The molecule has 0 fully saturated rings. The predicted molar refractivity (Wildman–Crippen MR) is 50.6 cm³/mol. The molecule has 1 aromatic rings. The lowest BCUT2D eigenvalue weighted by atomic mass is 10.2. The van der Waals surface area contributed by atoms with E-state index in [1.165, 1.54) is 0 Å². The molecule has 0 unspecified atom stereocenters. The number of halogens is 3. The molecule has 0 atom stereocenters. The SMILES string of the molecule is O=[N+]([O-])c1c(S(=O)(=O)Cl)ncc(O)c1C(F)F. The minimum atomic E-state index is -4.68. The Morgan fingerprint density at radius 1 is 1.53 bits per heavy atom. The summed E-state index contributed by atoms with van der Waals surface area (Å²) in [7, 11) is 0.139. The van der Waals surface area contributed by atoms with Crippen LogP contribution >= 0.6 is 10.7 Å². The summed E-state index contributed by atoms with van der Waals surface area (Å²) in [6.45, 7) is 0. The molecule has 0 aromatic carbocycles. The first-order valence-electron chi connectivity index (χ1n) is 3.75. The van der Waals surface area contributed by atoms with E-state index in [0.29, 0.717) is 6.20 Å². The summed E-state index contributed by atoms with van der Waals surface area (Å²) in [6.07, 6.45) is -3.10. The second-order valence-corrected chi connectivity index (χ2v) is 5.19. The number of nitrogens with zero attached hydrogens (tertiary/aromatic N) is 2. The molecule has 0 radical (unpaired) electrons. The molecule has 0 spiro atoms. The van der Waals surface area contributed by atoms with Crippen molar-refractivity contribution < 1.29 is 27.2 Å². The van der Waals surface area contributed by atoms with E-state index in [-0.39, 0.29) is 0 Å². The Morgan fingerprint density at radius 2 is 2.06 bits per heavy atom. The summed E-state index contributed by atoms with van der Waals surface area (Å²) in [4.78, 5) is 12.1. The van der Waals surface area contributed by atoms with Crippen LogP contribution in [0.5, 0.6) is 5.75 Å². The van der Waals surface area contributed by atoms with Gasteiger partial charge in [-0.1, -0.05) is 0 Å². The van der Waals surface area contributed by atoms with Crippen molar-refractivity contribution in [3.05, 3.63) is 21.9 Å². The Bertz CT molecular complexity index is 576. The fourth-order valence-corrected chi connectivity index (χ4v) is 1.99. The molecule has 94 valence electrons. The van der Waals surface area contributed by atoms with Crippen molar-refractivity contribution in [3.63, 3.8) is 0 Å². The first kappa shape index (κ1) is 13.5. The van der Waals surface area contributed by atoms with Crippen LogP contribution in [0.1, 0.15) is 12.0 Å². The summed E-state index contributed by atoms with van der Waals surface area (Å²) in [5.74, 6) is -1.18. The summed E-state index contributed by atoms with van der Waals surface area (Å²) in [5, 5.41) is 18.2. The van der Waals surface area contributed by atoms with Gasteiger partial charge in [-0.2, -0.15) is 0 Å². The van der Waals surface area contributed by atoms with Gasteiger partial charge in [-0.3, -0.25) is 10.1 Å². The molecule has 17 heavy (non-hydrogen) atoms. The third-order valence-corrected chi connectivity index (χ3v) is 2.87. The molecule has 0 saturated carbocycles. The van der Waals surface area contributed by atoms with Gasteiger partial charge >= 0.3 is 5.69 Å². The zero-order valence-electron chi connectivity index (χ0n) is 7.67. The average Bonchev–Trinajstić information content (AvgIpc) is 2.14. The summed E-state index contributed by atoms with van der Waals surface area (Å²) in [5.41, 5.74) is -2.97. The van der Waals surface area contributed by atoms with Crippen LogP contribution in [0, 0.1) is 10.1 Å². The topological polar surface area (TPSA) is 110 Å². The van der Waals surface area contributed by atoms with Crippen LogP contribution in [0.15, 0.2) is 11.2 Å². The van der Waals surface area contributed by atoms with Gasteiger partial charge in [0.15, 0.2) is 0 Å². The van der Waals surface area contributed by atoms with Crippen LogP contribution < -0.4 is 0 Å². The van der Waals surface area contributed by atoms with Crippen molar-refractivity contribution in [2.24, 2.45) is 0 Å². The van der Waals surface area contributed by atoms with Crippen molar-refractivity contribution in [2.45, 2.75) is 11.5 Å². The summed E-state index contributed by atoms with van der Waals surface area (Å²) >= 11 is 0. The van der Waals surface area contributed by atoms with Gasteiger partial charge in [-0.25, -0.2) is 22.2 Å². The van der Waals surface area contributed by atoms with E-state index in [1.54, 1.807) is 0 Å². The standard InChI is InChI=1S/C6H3ClF2N2O5S/c7-17(15,16)6-4(11(13)14)3(5(8)9)2(12)1-10-6/h1,5,12H. The van der Waals surface area contributed by atoms with Crippen molar-refractivity contribution in [2.75, 3.05) is 0 Å². The van der Waals surface area contributed by atoms with Gasteiger partial charge in [0.1, 0.15) is 11.3 Å². The predicted octanol–water partition coefficient (Wildman–Crippen LogP) is 1.56. The first-order chi connectivity index (χ1) is 7.66. The number of aromatic nitrogens is 1. The van der Waals surface area contributed by atoms with Crippen LogP contribution in [0.4, 0.5) is 14.5 Å². The Kier molecular flexibility index (Phi) is 3.48. The van der Waals surface area contributed by atoms with Crippen molar-refractivity contribution >= 4 is 25.4 Å². The lowest BCUT2D eigenvalue weighted by Crippen LogP contribution is -2.06. The molecule has 1 N–H and O–H groups in total. The van der Waals surface area contributed by atoms with Crippen molar-refractivity contribution in [1.29, 1.82) is 0 Å². The number of hydrogen-bond acceptors (Lipinski definition) is 6. The molecule has 1 heterocycles. The van der Waals surface area contributed by atoms with E-state index >= 15 is 0 Å². The molecule has 1 aromatic heterocycles. The van der Waals surface area contributed by atoms with Crippen molar-refractivity contribution in [1.82, 2.24) is 4.98 Å². The Morgan fingerprint density at radius 3 is 2.41 bits per heavy atom. The number of alkyl halides is 2. The second kappa shape index (κ2) is 4.37. The lowest BCUT2D eigenvalue weighted by Gasteiger charge is -2.06. The van der Waals surface area contributed by atoms with E-state index in [9.17, 15) is 27.3 Å². The third kappa shape index (κ3) is 2.58. The molecule has 0 bridgehead atoms. The fourth-order valence-electron chi connectivity index (χ4n) is 1.06. The maximum atomic E-state index is 12.5. The van der Waals surface area contributed by atoms with E-state index in [1.807, 2.05) is 0 Å². The molecule has 0 saturated heterocycles. The number of hydrogen-bond donors (Lipinski definition) is 1. The van der Waals surface area contributed by atoms with Gasteiger partial charge in [0, 0.05) is 10.7 Å². The molecule has 1 rings (SSSR count). The minimum Gasteiger partial charge on any atom is -0.506 e. The second-order valence-electron chi connectivity index (χ2n) is 2.71. The highest BCUT2D eigenvalue weighted by atomic mass is 35.7. The van der Waals surface area contributed by atoms with Crippen LogP contribution in [-0.4, -0.2) is 23.4 Å². The van der Waals surface area contributed by atoms with Gasteiger partial charge in [0.25, 0.3) is 15.5 Å². The Hall–Kier alpha value is -1.55. The van der Waals surface area contributed by atoms with Crippen molar-refractivity contribution in [3.8, 4) is 5.75 Å². The monoisotopic (exact) mass is 288 g/mol. The number of aromatic hydroxyl groups is 1. The average molecular weight is 289 g/mol. The highest BCUT2D eigenvalue weighted by Gasteiger charge is 2.35. The van der Waals surface area contributed by atoms with Crippen LogP contribution in [0.2, 0.25) is 0 Å². The summed E-state index contributed by atoms with van der Waals surface area (Å²) in [6, 6.07) is 0. The van der Waals surface area contributed by atoms with Gasteiger partial charge in [0.2, 0.25) is 5.03 Å². The zero-order chi connectivity index (χ0) is 13.4. The summed E-state index contributed by atoms with van der Waals surface area (Å²) < 4.78 is 46.8. The Labute approximate surface area is 97.2 Å². The quantitative estimate of drug-likeness (QED) is 0.513. The molecule has 7 nitrogen and oxygen atoms in total. The maximum Gasteiger partial charge on any atom is 0.320 e. The van der Waals surface area contributed by atoms with Crippen LogP contribution in [0.3, 0.4) is 0 Å². The zero-order valence-corrected chi connectivity index (χ0v) is 9.24. The molecular formula is C6H3ClF2N2O5S. The number of nitro groups is 1. The molecule has 0 aliphatic rings. The lowest BCUT2D eigenvalue weighted by molar-refractivity contribution is -0.389. The number of pyridine rings is 1. The fraction of sp³-hybridized carbons (Fsp3) is 0.167. The van der Waals surface area contributed by atoms with E-state index in [4.69, 9.17) is 15.8 Å². The molecule has 11 heteroatoms. The van der Waals surface area contributed by atoms with Gasteiger partial charge in [-0.15, -0.1) is 0 Å². The van der Waals surface area contributed by atoms with Crippen LogP contribution in [0.25, 0.3) is 0 Å². The maximum absolute atomic E-state index is 12.5. The first-order valence-corrected chi connectivity index (χ1v) is 6.06. The largest absolute Gasteiger partial charge is 0.506 e. The number of rotatable bonds is 3. The van der Waals surface area contributed by atoms with Gasteiger partial charge < -0.3 is 5.11 Å².